The van der Waals surface area contributed by atoms with Gasteiger partial charge in [0.2, 0.25) is 0 Å². The number of nitrogens with one attached hydrogen (secondary N) is 1. The summed E-state index contributed by atoms with van der Waals surface area (Å²) >= 11 is 7.43. The van der Waals surface area contributed by atoms with Gasteiger partial charge in [-0.3, -0.25) is 0 Å². The molecule has 1 aromatic rings. The van der Waals surface area contributed by atoms with Crippen molar-refractivity contribution in [1.29, 1.82) is 0 Å². The van der Waals surface area contributed by atoms with E-state index in [4.69, 9.17) is 11.6 Å². The van der Waals surface area contributed by atoms with E-state index in [1.165, 1.54) is 11.3 Å². The van der Waals surface area contributed by atoms with Crippen LogP contribution in [0, 0.1) is 6.92 Å². The van der Waals surface area contributed by atoms with Crippen molar-refractivity contribution in [2.75, 3.05) is 18.4 Å². The predicted molar refractivity (Wildman–Crippen MR) is 85.0 cm³/mol. The normalized spacial score (nSPS) is 27.4. The van der Waals surface area contributed by atoms with Gasteiger partial charge in [0, 0.05) is 13.1 Å². The average Bonchev–Trinajstić information content (AvgIpc) is 2.79. The number of hydrogen-bond acceptors (Lipinski definition) is 4. The van der Waals surface area contributed by atoms with Gasteiger partial charge in [-0.25, -0.2) is 13.2 Å². The van der Waals surface area contributed by atoms with E-state index in [0.29, 0.717) is 29.4 Å². The third kappa shape index (κ3) is 2.66. The molecular formula is C13H17ClN2O3S2. The number of urea groups is 1. The minimum Gasteiger partial charge on any atom is -0.323 e. The van der Waals surface area contributed by atoms with Gasteiger partial charge < -0.3 is 10.2 Å². The van der Waals surface area contributed by atoms with Crippen molar-refractivity contribution in [2.24, 2.45) is 0 Å². The molecule has 2 unspecified atom stereocenters. The lowest BCUT2D eigenvalue weighted by Crippen LogP contribution is -2.40. The number of carbonyl (C=O) groups excluding carboxylic acids is 1. The van der Waals surface area contributed by atoms with Crippen LogP contribution in [0.15, 0.2) is 5.38 Å². The van der Waals surface area contributed by atoms with Crippen molar-refractivity contribution in [2.45, 2.75) is 36.7 Å². The van der Waals surface area contributed by atoms with Crippen molar-refractivity contribution in [3.63, 3.8) is 0 Å². The Hall–Kier alpha value is -0.790. The van der Waals surface area contributed by atoms with Crippen molar-refractivity contribution >= 4 is 44.5 Å². The van der Waals surface area contributed by atoms with Gasteiger partial charge in [0.15, 0.2) is 9.84 Å². The van der Waals surface area contributed by atoms with E-state index in [0.717, 1.165) is 12.0 Å². The van der Waals surface area contributed by atoms with Gasteiger partial charge in [-0.15, -0.1) is 11.3 Å². The van der Waals surface area contributed by atoms with Crippen LogP contribution in [-0.4, -0.2) is 42.9 Å². The molecule has 2 aliphatic rings. The predicted octanol–water partition coefficient (Wildman–Crippen LogP) is 2.89. The fourth-order valence-electron chi connectivity index (χ4n) is 3.04. The van der Waals surface area contributed by atoms with Crippen molar-refractivity contribution in [3.05, 3.63) is 15.3 Å². The van der Waals surface area contributed by atoms with Crippen molar-refractivity contribution in [3.8, 4) is 0 Å². The van der Waals surface area contributed by atoms with E-state index in [2.05, 4.69) is 5.32 Å². The number of aryl methyl sites for hydroxylation is 1. The van der Waals surface area contributed by atoms with E-state index in [-0.39, 0.29) is 17.8 Å². The number of rotatable bonds is 1. The molecule has 0 spiro atoms. The van der Waals surface area contributed by atoms with Crippen molar-refractivity contribution in [1.82, 2.24) is 4.90 Å². The first-order valence-corrected chi connectivity index (χ1v) is 9.78. The van der Waals surface area contributed by atoms with E-state index in [9.17, 15) is 13.2 Å². The number of nitrogens with zero attached hydrogens (tertiary/aromatic N) is 1. The van der Waals surface area contributed by atoms with Crippen molar-refractivity contribution < 1.29 is 13.2 Å². The number of thiophene rings is 1. The van der Waals surface area contributed by atoms with E-state index < -0.39 is 15.1 Å². The van der Waals surface area contributed by atoms with Gasteiger partial charge >= 0.3 is 6.03 Å². The summed E-state index contributed by atoms with van der Waals surface area (Å²) in [7, 11) is -3.06. The fourth-order valence-corrected chi connectivity index (χ4v) is 6.40. The van der Waals surface area contributed by atoms with Gasteiger partial charge in [0.05, 0.1) is 16.2 Å². The average molecular weight is 349 g/mol. The molecule has 2 amide bonds. The van der Waals surface area contributed by atoms with Crippen LogP contribution in [0.5, 0.6) is 0 Å². The molecule has 2 atom stereocenters. The molecule has 0 aliphatic carbocycles. The van der Waals surface area contributed by atoms with Crippen LogP contribution >= 0.6 is 22.9 Å². The van der Waals surface area contributed by atoms with Crippen LogP contribution in [0.1, 0.15) is 24.8 Å². The van der Waals surface area contributed by atoms with Crippen LogP contribution in [-0.2, 0) is 9.84 Å². The van der Waals surface area contributed by atoms with Gasteiger partial charge in [0.1, 0.15) is 4.34 Å². The minimum atomic E-state index is -3.06. The standard InChI is InChI=1S/C13H17ClN2O3S2/c1-8-7-20-12(14)11(8)15-13(17)16-5-4-9-2-3-10(6-16)21(9,18)19/h7,9-10H,2-6H2,1H3,(H,15,17). The maximum absolute atomic E-state index is 12.4. The second-order valence-corrected chi connectivity index (χ2v) is 9.64. The van der Waals surface area contributed by atoms with Crippen LogP contribution in [0.4, 0.5) is 10.5 Å². The summed E-state index contributed by atoms with van der Waals surface area (Å²) in [4.78, 5) is 14.0. The lowest BCUT2D eigenvalue weighted by molar-refractivity contribution is 0.209. The Kier molecular flexibility index (Phi) is 3.92. The molecule has 1 aromatic heterocycles. The Morgan fingerprint density at radius 2 is 2.10 bits per heavy atom. The van der Waals surface area contributed by atoms with Gasteiger partial charge in [-0.2, -0.15) is 0 Å². The molecule has 5 nitrogen and oxygen atoms in total. The SMILES string of the molecule is Cc1csc(Cl)c1NC(=O)N1CCC2CCC(C1)S2(=O)=O. The summed E-state index contributed by atoms with van der Waals surface area (Å²) in [6, 6.07) is -0.263. The van der Waals surface area contributed by atoms with E-state index >= 15 is 0 Å². The van der Waals surface area contributed by atoms with Crippen LogP contribution in [0.3, 0.4) is 0 Å². The summed E-state index contributed by atoms with van der Waals surface area (Å²) < 4.78 is 25.0. The monoisotopic (exact) mass is 348 g/mol. The lowest BCUT2D eigenvalue weighted by atomic mass is 10.1. The maximum atomic E-state index is 12.4. The lowest BCUT2D eigenvalue weighted by Gasteiger charge is -2.24. The topological polar surface area (TPSA) is 66.5 Å². The molecule has 0 saturated carbocycles. The Bertz CT molecular complexity index is 651. The highest BCUT2D eigenvalue weighted by atomic mass is 35.5. The first-order valence-electron chi connectivity index (χ1n) is 6.92. The Morgan fingerprint density at radius 3 is 2.76 bits per heavy atom. The number of amides is 2. The largest absolute Gasteiger partial charge is 0.323 e. The first-order chi connectivity index (χ1) is 9.89. The molecule has 3 heterocycles. The summed E-state index contributed by atoms with van der Waals surface area (Å²) in [5, 5.41) is 4.02. The Balaban J connectivity index is 1.75. The second-order valence-electron chi connectivity index (χ2n) is 5.64. The van der Waals surface area contributed by atoms with Gasteiger partial charge in [-0.05, 0) is 37.1 Å². The molecule has 2 bridgehead atoms. The summed E-state index contributed by atoms with van der Waals surface area (Å²) in [6.45, 7) is 2.64. The highest BCUT2D eigenvalue weighted by molar-refractivity contribution is 7.93. The smallest absolute Gasteiger partial charge is 0.321 e. The number of carbonyl (C=O) groups is 1. The molecule has 0 radical (unpaired) electrons. The minimum absolute atomic E-state index is 0.263. The number of halogens is 1. The van der Waals surface area contributed by atoms with Crippen LogP contribution in [0.25, 0.3) is 0 Å². The number of fused-ring (bicyclic) bond motifs is 2. The third-order valence-electron chi connectivity index (χ3n) is 4.33. The number of anilines is 1. The zero-order chi connectivity index (χ0) is 15.2. The Labute approximate surface area is 133 Å². The molecular weight excluding hydrogens is 332 g/mol. The Morgan fingerprint density at radius 1 is 1.38 bits per heavy atom. The molecule has 21 heavy (non-hydrogen) atoms. The van der Waals surface area contributed by atoms with Crippen LogP contribution < -0.4 is 5.32 Å². The quantitative estimate of drug-likeness (QED) is 0.848. The third-order valence-corrected chi connectivity index (χ3v) is 8.39. The molecule has 1 N–H and O–H groups in total. The second kappa shape index (κ2) is 5.44. The zero-order valence-electron chi connectivity index (χ0n) is 11.6. The highest BCUT2D eigenvalue weighted by Gasteiger charge is 2.44. The first kappa shape index (κ1) is 15.1. The molecule has 2 saturated heterocycles. The molecule has 8 heteroatoms. The summed E-state index contributed by atoms with van der Waals surface area (Å²) in [5.41, 5.74) is 1.55. The van der Waals surface area contributed by atoms with E-state index in [1.54, 1.807) is 4.90 Å². The number of sulfone groups is 1. The fraction of sp³-hybridized carbons (Fsp3) is 0.615. The number of likely N-dealkylation sites (tertiary alicyclic amines) is 1. The van der Waals surface area contributed by atoms with Gasteiger partial charge in [0.25, 0.3) is 0 Å². The molecule has 2 fully saturated rings. The highest BCUT2D eigenvalue weighted by Crippen LogP contribution is 2.35. The van der Waals surface area contributed by atoms with Gasteiger partial charge in [-0.1, -0.05) is 11.6 Å². The summed E-state index contributed by atoms with van der Waals surface area (Å²) in [5.74, 6) is 0. The van der Waals surface area contributed by atoms with Crippen LogP contribution in [0.2, 0.25) is 4.34 Å². The van der Waals surface area contributed by atoms with E-state index in [1.807, 2.05) is 12.3 Å². The molecule has 3 rings (SSSR count). The molecule has 2 aliphatic heterocycles. The number of hydrogen-bond donors (Lipinski definition) is 1. The maximum Gasteiger partial charge on any atom is 0.321 e. The molecule has 0 aromatic carbocycles. The zero-order valence-corrected chi connectivity index (χ0v) is 14.0. The molecule has 116 valence electrons. The summed E-state index contributed by atoms with van der Waals surface area (Å²) in [6.07, 6.45) is 1.93.